The Bertz CT molecular complexity index is 388. The van der Waals surface area contributed by atoms with Crippen LogP contribution in [-0.4, -0.2) is 17.0 Å². The fourth-order valence-electron chi connectivity index (χ4n) is 2.14. The Kier molecular flexibility index (Phi) is 3.24. The van der Waals surface area contributed by atoms with Crippen molar-refractivity contribution in [1.29, 1.82) is 0 Å². The van der Waals surface area contributed by atoms with Crippen LogP contribution in [0, 0.1) is 11.8 Å². The fourth-order valence-corrected chi connectivity index (χ4v) is 2.73. The van der Waals surface area contributed by atoms with Gasteiger partial charge in [0.05, 0.1) is 17.5 Å². The number of rotatable bonds is 3. The molecule has 16 heavy (non-hydrogen) atoms. The van der Waals surface area contributed by atoms with Crippen molar-refractivity contribution in [2.45, 2.75) is 19.3 Å². The first-order valence-electron chi connectivity index (χ1n) is 5.24. The molecule has 1 aliphatic carbocycles. The molecular weight excluding hydrogens is 226 g/mol. The summed E-state index contributed by atoms with van der Waals surface area (Å²) in [4.78, 5) is 22.8. The summed E-state index contributed by atoms with van der Waals surface area (Å²) < 4.78 is 0. The predicted molar refractivity (Wildman–Crippen MR) is 61.4 cm³/mol. The molecule has 2 atom stereocenters. The molecule has 0 spiro atoms. The second kappa shape index (κ2) is 4.65. The Hall–Kier alpha value is -1.36. The normalized spacial score (nSPS) is 24.2. The molecule has 1 heterocycles. The number of carbonyl (C=O) groups excluding carboxylic acids is 1. The molecule has 1 fully saturated rings. The molecule has 1 aromatic heterocycles. The molecule has 0 unspecified atom stereocenters. The largest absolute Gasteiger partial charge is 0.481 e. The molecule has 0 aliphatic heterocycles. The summed E-state index contributed by atoms with van der Waals surface area (Å²) in [6.07, 6.45) is 2.10. The summed E-state index contributed by atoms with van der Waals surface area (Å²) in [7, 11) is 0. The average molecular weight is 239 g/mol. The van der Waals surface area contributed by atoms with Crippen LogP contribution in [0.4, 0.5) is 5.69 Å². The van der Waals surface area contributed by atoms with E-state index in [0.29, 0.717) is 12.8 Å². The first kappa shape index (κ1) is 11.1. The van der Waals surface area contributed by atoms with Crippen LogP contribution >= 0.6 is 11.3 Å². The van der Waals surface area contributed by atoms with Gasteiger partial charge in [0, 0.05) is 5.38 Å². The van der Waals surface area contributed by atoms with Gasteiger partial charge in [0.2, 0.25) is 5.91 Å². The summed E-state index contributed by atoms with van der Waals surface area (Å²) in [5.74, 6) is -1.91. The van der Waals surface area contributed by atoms with Crippen molar-refractivity contribution in [3.05, 3.63) is 16.8 Å². The van der Waals surface area contributed by atoms with Crippen LogP contribution in [0.25, 0.3) is 0 Å². The van der Waals surface area contributed by atoms with E-state index in [1.54, 1.807) is 0 Å². The van der Waals surface area contributed by atoms with Crippen molar-refractivity contribution < 1.29 is 14.7 Å². The molecule has 1 aliphatic rings. The van der Waals surface area contributed by atoms with E-state index in [4.69, 9.17) is 5.11 Å². The first-order chi connectivity index (χ1) is 7.68. The van der Waals surface area contributed by atoms with Gasteiger partial charge in [0.15, 0.2) is 0 Å². The third-order valence-corrected chi connectivity index (χ3v) is 3.64. The molecule has 1 saturated carbocycles. The molecule has 4 nitrogen and oxygen atoms in total. The Labute approximate surface area is 97.3 Å². The van der Waals surface area contributed by atoms with Gasteiger partial charge in [-0.1, -0.05) is 6.42 Å². The lowest BCUT2D eigenvalue weighted by atomic mass is 9.95. The maximum absolute atomic E-state index is 11.9. The number of carboxylic acids is 1. The molecule has 2 N–H and O–H groups in total. The van der Waals surface area contributed by atoms with Crippen molar-refractivity contribution in [3.8, 4) is 0 Å². The second-order valence-corrected chi connectivity index (χ2v) is 4.76. The molecule has 0 saturated heterocycles. The molecule has 1 aromatic rings. The average Bonchev–Trinajstić information content (AvgIpc) is 2.86. The summed E-state index contributed by atoms with van der Waals surface area (Å²) in [6, 6.07) is 1.81. The number of anilines is 1. The van der Waals surface area contributed by atoms with E-state index in [2.05, 4.69) is 5.32 Å². The number of carbonyl (C=O) groups is 2. The maximum Gasteiger partial charge on any atom is 0.307 e. The number of aliphatic carboxylic acids is 1. The van der Waals surface area contributed by atoms with Crippen LogP contribution < -0.4 is 5.32 Å². The van der Waals surface area contributed by atoms with Gasteiger partial charge in [0.1, 0.15) is 0 Å². The lowest BCUT2D eigenvalue weighted by Gasteiger charge is -2.14. The SMILES string of the molecule is O=C(O)[C@H]1CCC[C@H]1C(=O)Nc1ccsc1. The summed E-state index contributed by atoms with van der Waals surface area (Å²) >= 11 is 1.50. The zero-order valence-electron chi connectivity index (χ0n) is 8.68. The third-order valence-electron chi connectivity index (χ3n) is 2.96. The highest BCUT2D eigenvalue weighted by atomic mass is 32.1. The molecule has 2 rings (SSSR count). The monoisotopic (exact) mass is 239 g/mol. The third kappa shape index (κ3) is 2.24. The van der Waals surface area contributed by atoms with Crippen molar-refractivity contribution in [3.63, 3.8) is 0 Å². The Morgan fingerprint density at radius 2 is 2.12 bits per heavy atom. The number of nitrogens with one attached hydrogen (secondary N) is 1. The zero-order valence-corrected chi connectivity index (χ0v) is 9.50. The Morgan fingerprint density at radius 3 is 2.75 bits per heavy atom. The highest BCUT2D eigenvalue weighted by molar-refractivity contribution is 7.08. The van der Waals surface area contributed by atoms with E-state index in [-0.39, 0.29) is 11.8 Å². The van der Waals surface area contributed by atoms with Crippen LogP contribution in [0.2, 0.25) is 0 Å². The molecular formula is C11H13NO3S. The Morgan fingerprint density at radius 1 is 1.38 bits per heavy atom. The van der Waals surface area contributed by atoms with E-state index in [9.17, 15) is 9.59 Å². The van der Waals surface area contributed by atoms with Gasteiger partial charge in [0.25, 0.3) is 0 Å². The number of hydrogen-bond donors (Lipinski definition) is 2. The van der Waals surface area contributed by atoms with Crippen LogP contribution in [0.5, 0.6) is 0 Å². The van der Waals surface area contributed by atoms with Gasteiger partial charge >= 0.3 is 5.97 Å². The van der Waals surface area contributed by atoms with Crippen molar-refractivity contribution in [2.75, 3.05) is 5.32 Å². The summed E-state index contributed by atoms with van der Waals surface area (Å²) in [6.45, 7) is 0. The van der Waals surface area contributed by atoms with Gasteiger partial charge in [-0.3, -0.25) is 9.59 Å². The smallest absolute Gasteiger partial charge is 0.307 e. The molecule has 0 aromatic carbocycles. The molecule has 0 bridgehead atoms. The molecule has 1 amide bonds. The highest BCUT2D eigenvalue weighted by Crippen LogP contribution is 2.32. The van der Waals surface area contributed by atoms with Crippen molar-refractivity contribution >= 4 is 28.9 Å². The number of amides is 1. The van der Waals surface area contributed by atoms with Crippen molar-refractivity contribution in [1.82, 2.24) is 0 Å². The lowest BCUT2D eigenvalue weighted by Crippen LogP contribution is -2.29. The van der Waals surface area contributed by atoms with E-state index in [0.717, 1.165) is 12.1 Å². The maximum atomic E-state index is 11.9. The topological polar surface area (TPSA) is 66.4 Å². The van der Waals surface area contributed by atoms with E-state index >= 15 is 0 Å². The number of carboxylic acid groups (broad SMARTS) is 1. The number of thiophene rings is 1. The Balaban J connectivity index is 2.01. The molecule has 5 heteroatoms. The summed E-state index contributed by atoms with van der Waals surface area (Å²) in [5, 5.41) is 15.4. The van der Waals surface area contributed by atoms with Gasteiger partial charge in [-0.05, 0) is 24.3 Å². The van der Waals surface area contributed by atoms with Crippen LogP contribution in [0.1, 0.15) is 19.3 Å². The van der Waals surface area contributed by atoms with Crippen LogP contribution in [-0.2, 0) is 9.59 Å². The summed E-state index contributed by atoms with van der Waals surface area (Å²) in [5.41, 5.74) is 0.756. The van der Waals surface area contributed by atoms with E-state index < -0.39 is 11.9 Å². The van der Waals surface area contributed by atoms with E-state index in [1.165, 1.54) is 11.3 Å². The van der Waals surface area contributed by atoms with Crippen molar-refractivity contribution in [2.24, 2.45) is 11.8 Å². The highest BCUT2D eigenvalue weighted by Gasteiger charge is 2.37. The zero-order chi connectivity index (χ0) is 11.5. The van der Waals surface area contributed by atoms with Gasteiger partial charge < -0.3 is 10.4 Å². The van der Waals surface area contributed by atoms with Crippen LogP contribution in [0.15, 0.2) is 16.8 Å². The second-order valence-electron chi connectivity index (χ2n) is 3.98. The quantitative estimate of drug-likeness (QED) is 0.849. The fraction of sp³-hybridized carbons (Fsp3) is 0.455. The minimum atomic E-state index is -0.858. The van der Waals surface area contributed by atoms with E-state index in [1.807, 2.05) is 16.8 Å². The van der Waals surface area contributed by atoms with Gasteiger partial charge in [-0.2, -0.15) is 11.3 Å². The minimum Gasteiger partial charge on any atom is -0.481 e. The molecule has 86 valence electrons. The predicted octanol–water partition coefficient (Wildman–Crippen LogP) is 2.19. The van der Waals surface area contributed by atoms with Gasteiger partial charge in [-0.15, -0.1) is 0 Å². The standard InChI is InChI=1S/C11H13NO3S/c13-10(12-7-4-5-16-6-7)8-2-1-3-9(8)11(14)15/h4-6,8-9H,1-3H2,(H,12,13)(H,14,15)/t8-,9+/m1/s1. The van der Waals surface area contributed by atoms with Gasteiger partial charge in [-0.25, -0.2) is 0 Å². The number of hydrogen-bond acceptors (Lipinski definition) is 3. The first-order valence-corrected chi connectivity index (χ1v) is 6.18. The minimum absolute atomic E-state index is 0.164. The molecule has 0 radical (unpaired) electrons. The van der Waals surface area contributed by atoms with Crippen LogP contribution in [0.3, 0.4) is 0 Å². The lowest BCUT2D eigenvalue weighted by molar-refractivity contribution is -0.145.